The maximum atomic E-state index is 12.9. The number of imide groups is 1. The third kappa shape index (κ3) is 4.57. The van der Waals surface area contributed by atoms with Gasteiger partial charge in [-0.05, 0) is 38.1 Å². The lowest BCUT2D eigenvalue weighted by Crippen LogP contribution is -2.45. The Morgan fingerprint density at radius 1 is 1.26 bits per heavy atom. The molecule has 104 valence electrons. The molecule has 0 spiro atoms. The van der Waals surface area contributed by atoms with Crippen LogP contribution in [0.25, 0.3) is 0 Å². The Morgan fingerprint density at radius 3 is 2.32 bits per heavy atom. The van der Waals surface area contributed by atoms with E-state index in [0.717, 1.165) is 5.69 Å². The summed E-state index contributed by atoms with van der Waals surface area (Å²) in [6.07, 6.45) is 0. The van der Waals surface area contributed by atoms with E-state index in [-0.39, 0.29) is 18.4 Å². The Balaban J connectivity index is 2.76. The highest BCUT2D eigenvalue weighted by Gasteiger charge is 2.16. The number of anilines is 1. The number of carbonyl (C=O) groups excluding carboxylic acids is 2. The Kier molecular flexibility index (Phi) is 5.29. The number of hydrogen-bond donors (Lipinski definition) is 2. The third-order valence-corrected chi connectivity index (χ3v) is 2.58. The molecular formula is C13H18FN3O2. The molecule has 1 aromatic carbocycles. The SMILES string of the molecule is CNC(=O)NC(=O)CN(c1ccc(F)cc1)C(C)C. The minimum atomic E-state index is -0.548. The van der Waals surface area contributed by atoms with Crippen LogP contribution in [0.1, 0.15) is 13.8 Å². The highest BCUT2D eigenvalue weighted by Crippen LogP contribution is 2.17. The molecule has 0 saturated carbocycles. The van der Waals surface area contributed by atoms with Gasteiger partial charge in [0, 0.05) is 18.8 Å². The van der Waals surface area contributed by atoms with Gasteiger partial charge in [0.25, 0.3) is 0 Å². The first-order valence-electron chi connectivity index (χ1n) is 5.97. The second kappa shape index (κ2) is 6.72. The van der Waals surface area contributed by atoms with Gasteiger partial charge in [-0.25, -0.2) is 9.18 Å². The zero-order valence-corrected chi connectivity index (χ0v) is 11.2. The van der Waals surface area contributed by atoms with Crippen LogP contribution in [0.4, 0.5) is 14.9 Å². The van der Waals surface area contributed by atoms with E-state index in [0.29, 0.717) is 0 Å². The lowest BCUT2D eigenvalue weighted by molar-refractivity contribution is -0.118. The molecule has 6 heteroatoms. The monoisotopic (exact) mass is 267 g/mol. The van der Waals surface area contributed by atoms with E-state index < -0.39 is 11.9 Å². The Bertz CT molecular complexity index is 446. The quantitative estimate of drug-likeness (QED) is 0.869. The number of hydrogen-bond acceptors (Lipinski definition) is 3. The molecule has 1 rings (SSSR count). The first-order valence-corrected chi connectivity index (χ1v) is 5.97. The second-order valence-corrected chi connectivity index (χ2v) is 4.33. The molecule has 5 nitrogen and oxygen atoms in total. The van der Waals surface area contributed by atoms with Gasteiger partial charge in [-0.15, -0.1) is 0 Å². The maximum absolute atomic E-state index is 12.9. The molecular weight excluding hydrogens is 249 g/mol. The molecule has 3 amide bonds. The van der Waals surface area contributed by atoms with Crippen LogP contribution in [0.15, 0.2) is 24.3 Å². The summed E-state index contributed by atoms with van der Waals surface area (Å²) in [5.74, 6) is -0.750. The lowest BCUT2D eigenvalue weighted by Gasteiger charge is -2.28. The van der Waals surface area contributed by atoms with E-state index in [1.165, 1.54) is 19.2 Å². The van der Waals surface area contributed by atoms with Crippen molar-refractivity contribution in [2.75, 3.05) is 18.5 Å². The number of halogens is 1. The molecule has 0 atom stereocenters. The van der Waals surface area contributed by atoms with Crippen LogP contribution in [-0.4, -0.2) is 31.6 Å². The highest BCUT2D eigenvalue weighted by molar-refractivity contribution is 5.96. The maximum Gasteiger partial charge on any atom is 0.321 e. The van der Waals surface area contributed by atoms with Gasteiger partial charge in [-0.2, -0.15) is 0 Å². The fourth-order valence-electron chi connectivity index (χ4n) is 1.59. The summed E-state index contributed by atoms with van der Waals surface area (Å²) in [4.78, 5) is 24.5. The number of rotatable bonds is 4. The number of benzene rings is 1. The topological polar surface area (TPSA) is 61.4 Å². The molecule has 0 unspecified atom stereocenters. The Labute approximate surface area is 111 Å². The number of carbonyl (C=O) groups is 2. The predicted octanol–water partition coefficient (Wildman–Crippen LogP) is 1.50. The normalized spacial score (nSPS) is 10.2. The van der Waals surface area contributed by atoms with Gasteiger partial charge in [-0.1, -0.05) is 0 Å². The van der Waals surface area contributed by atoms with E-state index in [2.05, 4.69) is 10.6 Å². The molecule has 19 heavy (non-hydrogen) atoms. The van der Waals surface area contributed by atoms with Gasteiger partial charge in [-0.3, -0.25) is 10.1 Å². The summed E-state index contributed by atoms with van der Waals surface area (Å²) in [5, 5.41) is 4.50. The molecule has 0 saturated heterocycles. The van der Waals surface area contributed by atoms with Gasteiger partial charge >= 0.3 is 6.03 Å². The van der Waals surface area contributed by atoms with Crippen molar-refractivity contribution in [3.8, 4) is 0 Å². The third-order valence-electron chi connectivity index (χ3n) is 2.58. The van der Waals surface area contributed by atoms with Crippen LogP contribution in [0.5, 0.6) is 0 Å². The molecule has 0 radical (unpaired) electrons. The van der Waals surface area contributed by atoms with Crippen LogP contribution in [0.2, 0.25) is 0 Å². The van der Waals surface area contributed by atoms with E-state index in [1.54, 1.807) is 17.0 Å². The fourth-order valence-corrected chi connectivity index (χ4v) is 1.59. The van der Waals surface area contributed by atoms with E-state index in [4.69, 9.17) is 0 Å². The van der Waals surface area contributed by atoms with Crippen LogP contribution in [-0.2, 0) is 4.79 Å². The van der Waals surface area contributed by atoms with Crippen molar-refractivity contribution < 1.29 is 14.0 Å². The van der Waals surface area contributed by atoms with E-state index >= 15 is 0 Å². The summed E-state index contributed by atoms with van der Waals surface area (Å²) < 4.78 is 12.9. The van der Waals surface area contributed by atoms with E-state index in [1.807, 2.05) is 13.8 Å². The van der Waals surface area contributed by atoms with Crippen LogP contribution < -0.4 is 15.5 Å². The zero-order chi connectivity index (χ0) is 14.4. The molecule has 0 aromatic heterocycles. The van der Waals surface area contributed by atoms with Gasteiger partial charge in [0.05, 0.1) is 6.54 Å². The standard InChI is InChI=1S/C13H18FN3O2/c1-9(2)17(8-12(18)16-13(19)15-3)11-6-4-10(14)5-7-11/h4-7,9H,8H2,1-3H3,(H2,15,16,18,19). The number of nitrogens with zero attached hydrogens (tertiary/aromatic N) is 1. The molecule has 0 aliphatic carbocycles. The van der Waals surface area contributed by atoms with Gasteiger partial charge < -0.3 is 10.2 Å². The lowest BCUT2D eigenvalue weighted by atomic mass is 10.2. The van der Waals surface area contributed by atoms with Crippen molar-refractivity contribution >= 4 is 17.6 Å². The zero-order valence-electron chi connectivity index (χ0n) is 11.2. The fraction of sp³-hybridized carbons (Fsp3) is 0.385. The van der Waals surface area contributed by atoms with Gasteiger partial charge in [0.1, 0.15) is 5.82 Å². The summed E-state index contributed by atoms with van der Waals surface area (Å²) in [6.45, 7) is 3.85. The first-order chi connectivity index (χ1) is 8.93. The minimum Gasteiger partial charge on any atom is -0.360 e. The first kappa shape index (κ1) is 14.9. The van der Waals surface area contributed by atoms with Crippen molar-refractivity contribution in [1.29, 1.82) is 0 Å². The largest absolute Gasteiger partial charge is 0.360 e. The molecule has 0 fully saturated rings. The summed E-state index contributed by atoms with van der Waals surface area (Å²) >= 11 is 0. The van der Waals surface area contributed by atoms with Crippen LogP contribution in [0.3, 0.4) is 0 Å². The number of nitrogens with one attached hydrogen (secondary N) is 2. The van der Waals surface area contributed by atoms with Crippen molar-refractivity contribution in [1.82, 2.24) is 10.6 Å². The predicted molar refractivity (Wildman–Crippen MR) is 71.5 cm³/mol. The number of amides is 3. The second-order valence-electron chi connectivity index (χ2n) is 4.33. The van der Waals surface area contributed by atoms with Gasteiger partial charge in [0.2, 0.25) is 5.91 Å². The average molecular weight is 267 g/mol. The molecule has 0 bridgehead atoms. The molecule has 0 aliphatic rings. The van der Waals surface area contributed by atoms with Crippen LogP contribution in [0, 0.1) is 5.82 Å². The summed E-state index contributed by atoms with van der Waals surface area (Å²) in [5.41, 5.74) is 0.725. The molecule has 1 aromatic rings. The Hall–Kier alpha value is -2.11. The summed E-state index contributed by atoms with van der Waals surface area (Å²) in [6, 6.07) is 5.36. The van der Waals surface area contributed by atoms with E-state index in [9.17, 15) is 14.0 Å². The highest BCUT2D eigenvalue weighted by atomic mass is 19.1. The van der Waals surface area contributed by atoms with Crippen molar-refractivity contribution in [2.24, 2.45) is 0 Å². The molecule has 2 N–H and O–H groups in total. The smallest absolute Gasteiger partial charge is 0.321 e. The minimum absolute atomic E-state index is 0.0245. The van der Waals surface area contributed by atoms with Gasteiger partial charge in [0.15, 0.2) is 0 Å². The average Bonchev–Trinajstić information content (AvgIpc) is 2.36. The van der Waals surface area contributed by atoms with Crippen molar-refractivity contribution in [3.63, 3.8) is 0 Å². The molecule has 0 aliphatic heterocycles. The van der Waals surface area contributed by atoms with Crippen molar-refractivity contribution in [2.45, 2.75) is 19.9 Å². The summed E-state index contributed by atoms with van der Waals surface area (Å²) in [7, 11) is 1.43. The molecule has 0 heterocycles. The number of urea groups is 1. The Morgan fingerprint density at radius 2 is 1.84 bits per heavy atom. The van der Waals surface area contributed by atoms with Crippen LogP contribution >= 0.6 is 0 Å². The van der Waals surface area contributed by atoms with Crippen molar-refractivity contribution in [3.05, 3.63) is 30.1 Å².